The highest BCUT2D eigenvalue weighted by atomic mass is 16.5. The van der Waals surface area contributed by atoms with Crippen LogP contribution in [0.2, 0.25) is 0 Å². The molecular formula is C14H13NO3. The highest BCUT2D eigenvalue weighted by Gasteiger charge is 2.08. The fraction of sp³-hybridized carbons (Fsp3) is 0.143. The Hall–Kier alpha value is -2.36. The van der Waals surface area contributed by atoms with Crippen LogP contribution in [0.4, 0.5) is 0 Å². The van der Waals surface area contributed by atoms with Gasteiger partial charge in [0.25, 0.3) is 5.56 Å². The summed E-state index contributed by atoms with van der Waals surface area (Å²) in [7, 11) is 1.14. The van der Waals surface area contributed by atoms with Gasteiger partial charge in [0.15, 0.2) is 0 Å². The number of hydrogen-bond acceptors (Lipinski definition) is 3. The zero-order valence-corrected chi connectivity index (χ0v) is 9.40. The Labute approximate surface area is 114 Å². The van der Waals surface area contributed by atoms with Crippen molar-refractivity contribution in [3.05, 3.63) is 64.0 Å². The molecule has 92 valence electrons. The average molecular weight is 250 g/mol. The van der Waals surface area contributed by atoms with Crippen molar-refractivity contribution in [2.45, 2.75) is 6.85 Å². The van der Waals surface area contributed by atoms with Crippen molar-refractivity contribution in [3.8, 4) is 5.69 Å². The fourth-order valence-corrected chi connectivity index (χ4v) is 1.33. The van der Waals surface area contributed by atoms with Gasteiger partial charge in [0.1, 0.15) is 0 Å². The Morgan fingerprint density at radius 3 is 2.67 bits per heavy atom. The molecule has 2 aromatic rings. The van der Waals surface area contributed by atoms with Crippen molar-refractivity contribution in [3.63, 3.8) is 0 Å². The van der Waals surface area contributed by atoms with Gasteiger partial charge in [-0.05, 0) is 25.0 Å². The number of nitrogens with zero attached hydrogens (tertiary/aromatic N) is 1. The van der Waals surface area contributed by atoms with Gasteiger partial charge in [0, 0.05) is 22.1 Å². The number of esters is 1. The topological polar surface area (TPSA) is 48.3 Å². The normalized spacial score (nSPS) is 16.4. The highest BCUT2D eigenvalue weighted by Crippen LogP contribution is 2.08. The number of rotatable bonds is 2. The van der Waals surface area contributed by atoms with Gasteiger partial charge in [-0.3, -0.25) is 9.36 Å². The lowest BCUT2D eigenvalue weighted by molar-refractivity contribution is 0.0600. The molecule has 0 N–H and O–H groups in total. The van der Waals surface area contributed by atoms with E-state index in [2.05, 4.69) is 4.74 Å². The lowest BCUT2D eigenvalue weighted by atomic mass is 10.2. The summed E-state index contributed by atoms with van der Waals surface area (Å²) in [6.45, 7) is -2.85. The van der Waals surface area contributed by atoms with Gasteiger partial charge in [-0.2, -0.15) is 0 Å². The molecule has 0 aliphatic rings. The predicted octanol–water partition coefficient (Wildman–Crippen LogP) is 1.93. The third-order valence-electron chi connectivity index (χ3n) is 2.18. The van der Waals surface area contributed by atoms with Crippen LogP contribution in [0, 0.1) is 6.85 Å². The first-order valence-corrected chi connectivity index (χ1v) is 4.93. The molecule has 0 fully saturated rings. The van der Waals surface area contributed by atoms with Crippen molar-refractivity contribution < 1.29 is 19.1 Å². The third kappa shape index (κ3) is 2.32. The van der Waals surface area contributed by atoms with Gasteiger partial charge in [-0.15, -0.1) is 0 Å². The second-order valence-corrected chi connectivity index (χ2v) is 3.34. The molecule has 18 heavy (non-hydrogen) atoms. The number of benzene rings is 1. The van der Waals surface area contributed by atoms with Crippen LogP contribution in [0.15, 0.2) is 47.3 Å². The number of hydrogen-bond donors (Lipinski definition) is 0. The second-order valence-electron chi connectivity index (χ2n) is 3.34. The van der Waals surface area contributed by atoms with Crippen LogP contribution in [0.25, 0.3) is 5.69 Å². The molecule has 4 heteroatoms. The molecule has 0 aliphatic carbocycles. The first kappa shape index (κ1) is 6.00. The number of methoxy groups -OCH3 is 1. The zero-order valence-electron chi connectivity index (χ0n) is 16.4. The van der Waals surface area contributed by atoms with Crippen molar-refractivity contribution >= 4 is 5.97 Å². The monoisotopic (exact) mass is 250 g/mol. The quantitative estimate of drug-likeness (QED) is 0.765. The van der Waals surface area contributed by atoms with E-state index in [1.807, 2.05) is 0 Å². The minimum Gasteiger partial charge on any atom is -0.465 e. The number of aromatic nitrogens is 1. The summed E-state index contributed by atoms with van der Waals surface area (Å²) in [5.41, 5.74) is -1.93. The van der Waals surface area contributed by atoms with Crippen LogP contribution < -0.4 is 5.56 Å². The second kappa shape index (κ2) is 4.87. The Morgan fingerprint density at radius 1 is 1.33 bits per heavy atom. The summed E-state index contributed by atoms with van der Waals surface area (Å²) in [5, 5.41) is 0. The maximum Gasteiger partial charge on any atom is 0.339 e. The van der Waals surface area contributed by atoms with Crippen LogP contribution in [-0.4, -0.2) is 17.6 Å². The molecule has 0 bridgehead atoms. The van der Waals surface area contributed by atoms with E-state index in [9.17, 15) is 9.59 Å². The predicted molar refractivity (Wildman–Crippen MR) is 68.1 cm³/mol. The summed E-state index contributed by atoms with van der Waals surface area (Å²) in [4.78, 5) is 23.7. The summed E-state index contributed by atoms with van der Waals surface area (Å²) >= 11 is 0. The number of carbonyl (C=O) groups excluding carboxylic acids is 1. The summed E-state index contributed by atoms with van der Waals surface area (Å²) in [6.07, 6.45) is 1.02. The first-order chi connectivity index (χ1) is 11.5. The smallest absolute Gasteiger partial charge is 0.339 e. The highest BCUT2D eigenvalue weighted by molar-refractivity contribution is 5.88. The number of carbonyl (C=O) groups is 1. The lowest BCUT2D eigenvalue weighted by Crippen LogP contribution is -2.18. The summed E-state index contributed by atoms with van der Waals surface area (Å²) < 4.78 is 59.2. The Kier molecular flexibility index (Phi) is 1.62. The van der Waals surface area contributed by atoms with Gasteiger partial charge in [-0.25, -0.2) is 4.79 Å². The lowest BCUT2D eigenvalue weighted by Gasteiger charge is -2.07. The molecule has 1 heterocycles. The third-order valence-corrected chi connectivity index (χ3v) is 2.18. The Morgan fingerprint density at radius 2 is 2.06 bits per heavy atom. The molecular weight excluding hydrogens is 230 g/mol. The van der Waals surface area contributed by atoms with Gasteiger partial charge in [0.2, 0.25) is 0 Å². The van der Waals surface area contributed by atoms with Crippen LogP contribution in [0.1, 0.15) is 25.5 Å². The van der Waals surface area contributed by atoms with Crippen molar-refractivity contribution in [2.24, 2.45) is 0 Å². The van der Waals surface area contributed by atoms with Crippen LogP contribution in [0.5, 0.6) is 0 Å². The fourth-order valence-electron chi connectivity index (χ4n) is 1.33. The largest absolute Gasteiger partial charge is 0.465 e. The van der Waals surface area contributed by atoms with E-state index in [-0.39, 0.29) is 5.56 Å². The maximum atomic E-state index is 12.1. The van der Waals surface area contributed by atoms with Crippen molar-refractivity contribution in [2.75, 3.05) is 7.11 Å². The molecule has 0 aliphatic heterocycles. The van der Waals surface area contributed by atoms with Gasteiger partial charge < -0.3 is 4.74 Å². The molecule has 0 amide bonds. The standard InChI is InChI=1S/C14H13NO3/c1-10-3-6-12(7-4-10)15-9-11(14(17)18-2)5-8-13(15)16/h3-9H,1-2H3/i1D3,3D,4D,6D,7D. The Balaban J connectivity index is 2.87. The molecule has 2 rings (SSSR count). The van der Waals surface area contributed by atoms with Crippen LogP contribution in [0.3, 0.4) is 0 Å². The van der Waals surface area contributed by atoms with Gasteiger partial charge in [0.05, 0.1) is 18.2 Å². The van der Waals surface area contributed by atoms with Crippen LogP contribution >= 0.6 is 0 Å². The maximum absolute atomic E-state index is 12.1. The van der Waals surface area contributed by atoms with E-state index in [1.54, 1.807) is 0 Å². The minimum atomic E-state index is -2.85. The first-order valence-electron chi connectivity index (χ1n) is 8.43. The minimum absolute atomic E-state index is 0.0427. The van der Waals surface area contributed by atoms with Crippen molar-refractivity contribution in [1.82, 2.24) is 4.57 Å². The molecule has 0 unspecified atom stereocenters. The average Bonchev–Trinajstić information content (AvgIpc) is 2.53. The molecule has 1 aromatic carbocycles. The molecule has 0 radical (unpaired) electrons. The van der Waals surface area contributed by atoms with E-state index >= 15 is 0 Å². The van der Waals surface area contributed by atoms with E-state index in [1.165, 1.54) is 6.07 Å². The van der Waals surface area contributed by atoms with E-state index in [0.29, 0.717) is 0 Å². The molecule has 0 atom stereocenters. The van der Waals surface area contributed by atoms with E-state index in [0.717, 1.165) is 23.9 Å². The van der Waals surface area contributed by atoms with Gasteiger partial charge in [-0.1, -0.05) is 17.6 Å². The Bertz CT molecular complexity index is 889. The molecule has 0 saturated heterocycles. The SMILES string of the molecule is [2H]c1c([2H])c(C([2H])([2H])[2H])c([2H])c([2H])c1-n1cc(C(=O)OC)ccc1=O. The van der Waals surface area contributed by atoms with Gasteiger partial charge >= 0.3 is 5.97 Å². The number of pyridine rings is 1. The molecule has 0 spiro atoms. The van der Waals surface area contributed by atoms with Crippen molar-refractivity contribution in [1.29, 1.82) is 0 Å². The summed E-state index contributed by atoms with van der Waals surface area (Å²) in [5.74, 6) is -0.761. The van der Waals surface area contributed by atoms with Crippen LogP contribution in [-0.2, 0) is 4.74 Å². The zero-order chi connectivity index (χ0) is 19.1. The molecule has 0 saturated carbocycles. The number of ether oxygens (including phenoxy) is 1. The molecule has 4 nitrogen and oxygen atoms in total. The molecule has 1 aromatic heterocycles. The van der Waals surface area contributed by atoms with E-state index < -0.39 is 53.8 Å². The summed E-state index contributed by atoms with van der Waals surface area (Å²) in [6, 6.07) is -0.737. The van der Waals surface area contributed by atoms with E-state index in [4.69, 9.17) is 9.60 Å².